The number of hydrogen-bond donors (Lipinski definition) is 2. The lowest BCUT2D eigenvalue weighted by Gasteiger charge is -2.53. The first-order valence-electron chi connectivity index (χ1n) is 6.80. The van der Waals surface area contributed by atoms with Crippen LogP contribution in [0.15, 0.2) is 0 Å². The van der Waals surface area contributed by atoms with Gasteiger partial charge in [0.05, 0.1) is 12.5 Å². The van der Waals surface area contributed by atoms with Crippen molar-refractivity contribution < 1.29 is 24.5 Å². The van der Waals surface area contributed by atoms with E-state index in [1.165, 1.54) is 0 Å². The molecule has 0 bridgehead atoms. The van der Waals surface area contributed by atoms with Gasteiger partial charge >= 0.3 is 11.9 Å². The van der Waals surface area contributed by atoms with Gasteiger partial charge in [0.25, 0.3) is 0 Å². The number of carboxylic acids is 2. The van der Waals surface area contributed by atoms with E-state index in [0.717, 1.165) is 0 Å². The van der Waals surface area contributed by atoms with E-state index in [4.69, 9.17) is 14.9 Å². The zero-order chi connectivity index (χ0) is 15.7. The maximum absolute atomic E-state index is 11.1. The van der Waals surface area contributed by atoms with Crippen molar-refractivity contribution in [3.63, 3.8) is 0 Å². The van der Waals surface area contributed by atoms with Gasteiger partial charge in [0.2, 0.25) is 0 Å². The summed E-state index contributed by atoms with van der Waals surface area (Å²) in [6.07, 6.45) is -0.695. The Hall–Kier alpha value is -1.14. The van der Waals surface area contributed by atoms with Crippen molar-refractivity contribution in [1.82, 2.24) is 4.90 Å². The van der Waals surface area contributed by atoms with Gasteiger partial charge in [-0.25, -0.2) is 4.79 Å². The van der Waals surface area contributed by atoms with Crippen molar-refractivity contribution in [3.8, 4) is 0 Å². The molecule has 0 aromatic carbocycles. The third kappa shape index (κ3) is 3.93. The third-order valence-electron chi connectivity index (χ3n) is 4.26. The van der Waals surface area contributed by atoms with E-state index in [-0.39, 0.29) is 17.2 Å². The van der Waals surface area contributed by atoms with Crippen LogP contribution in [0.2, 0.25) is 0 Å². The Balaban J connectivity index is 2.81. The first-order valence-corrected chi connectivity index (χ1v) is 6.80. The highest BCUT2D eigenvalue weighted by atomic mass is 16.5. The van der Waals surface area contributed by atoms with Crippen LogP contribution in [0.4, 0.5) is 0 Å². The van der Waals surface area contributed by atoms with Crippen LogP contribution < -0.4 is 0 Å². The van der Waals surface area contributed by atoms with Crippen molar-refractivity contribution >= 4 is 11.9 Å². The Morgan fingerprint density at radius 1 is 1.20 bits per heavy atom. The fourth-order valence-electron chi connectivity index (χ4n) is 2.96. The van der Waals surface area contributed by atoms with E-state index in [1.54, 1.807) is 0 Å². The van der Waals surface area contributed by atoms with E-state index in [9.17, 15) is 9.59 Å². The summed E-state index contributed by atoms with van der Waals surface area (Å²) in [4.78, 5) is 24.1. The Morgan fingerprint density at radius 2 is 1.65 bits per heavy atom. The smallest absolute Gasteiger partial charge is 0.333 e. The van der Waals surface area contributed by atoms with E-state index >= 15 is 0 Å². The number of aliphatic carboxylic acids is 2. The predicted octanol–water partition coefficient (Wildman–Crippen LogP) is 1.58. The average Bonchev–Trinajstić information content (AvgIpc) is 2.23. The van der Waals surface area contributed by atoms with Crippen molar-refractivity contribution in [2.24, 2.45) is 0 Å². The van der Waals surface area contributed by atoms with Crippen molar-refractivity contribution in [3.05, 3.63) is 0 Å². The molecule has 1 aliphatic rings. The monoisotopic (exact) mass is 287 g/mol. The van der Waals surface area contributed by atoms with Gasteiger partial charge in [0, 0.05) is 11.1 Å². The summed E-state index contributed by atoms with van der Waals surface area (Å²) in [5.41, 5.74) is -0.253. The summed E-state index contributed by atoms with van der Waals surface area (Å²) in [6, 6.07) is 0. The molecule has 1 atom stereocenters. The standard InChI is InChI=1S/C14H25NO5/c1-13(2)7-9(8-14(3,4)15(13)5)20-10(12(18)19)6-11(16)17/h9-10H,6-8H2,1-5H3,(H,16,17)(H,18,19). The molecule has 1 heterocycles. The van der Waals surface area contributed by atoms with Crippen LogP contribution in [0.1, 0.15) is 47.0 Å². The second kappa shape index (κ2) is 5.69. The molecule has 1 fully saturated rings. The lowest BCUT2D eigenvalue weighted by Crippen LogP contribution is -2.60. The van der Waals surface area contributed by atoms with Crippen LogP contribution in [0, 0.1) is 0 Å². The second-order valence-electron chi connectivity index (χ2n) is 6.77. The van der Waals surface area contributed by atoms with Gasteiger partial charge in [-0.3, -0.25) is 9.69 Å². The second-order valence-corrected chi connectivity index (χ2v) is 6.77. The molecule has 0 aromatic rings. The molecule has 6 heteroatoms. The number of carboxylic acid groups (broad SMARTS) is 2. The zero-order valence-corrected chi connectivity index (χ0v) is 12.8. The summed E-state index contributed by atoms with van der Waals surface area (Å²) in [5, 5.41) is 17.8. The van der Waals surface area contributed by atoms with Crippen molar-refractivity contribution in [1.29, 1.82) is 0 Å². The summed E-state index contributed by atoms with van der Waals surface area (Å²) < 4.78 is 5.58. The number of ether oxygens (including phenoxy) is 1. The number of carbonyl (C=O) groups is 2. The van der Waals surface area contributed by atoms with Crippen LogP contribution in [0.25, 0.3) is 0 Å². The third-order valence-corrected chi connectivity index (χ3v) is 4.26. The highest BCUT2D eigenvalue weighted by Crippen LogP contribution is 2.38. The van der Waals surface area contributed by atoms with Gasteiger partial charge in [-0.05, 0) is 47.6 Å². The van der Waals surface area contributed by atoms with Crippen LogP contribution >= 0.6 is 0 Å². The molecule has 6 nitrogen and oxygen atoms in total. The Bertz CT molecular complexity index is 373. The molecular weight excluding hydrogens is 262 g/mol. The summed E-state index contributed by atoms with van der Waals surface area (Å²) in [6.45, 7) is 8.32. The van der Waals surface area contributed by atoms with E-state index in [1.807, 2.05) is 7.05 Å². The van der Waals surface area contributed by atoms with Gasteiger partial charge in [0.15, 0.2) is 6.10 Å². The van der Waals surface area contributed by atoms with E-state index in [0.29, 0.717) is 12.8 Å². The molecule has 116 valence electrons. The molecule has 0 amide bonds. The first-order chi connectivity index (χ1) is 8.95. The molecule has 1 saturated heterocycles. The molecule has 0 aromatic heterocycles. The van der Waals surface area contributed by atoms with Crippen LogP contribution in [-0.4, -0.2) is 57.4 Å². The fourth-order valence-corrected chi connectivity index (χ4v) is 2.96. The predicted molar refractivity (Wildman–Crippen MR) is 73.7 cm³/mol. The van der Waals surface area contributed by atoms with Crippen LogP contribution in [-0.2, 0) is 14.3 Å². The number of piperidine rings is 1. The summed E-state index contributed by atoms with van der Waals surface area (Å²) >= 11 is 0. The Kier molecular flexibility index (Phi) is 4.82. The minimum Gasteiger partial charge on any atom is -0.481 e. The highest BCUT2D eigenvalue weighted by Gasteiger charge is 2.44. The lowest BCUT2D eigenvalue weighted by molar-refractivity contribution is -0.169. The molecule has 0 radical (unpaired) electrons. The molecule has 0 spiro atoms. The van der Waals surface area contributed by atoms with Gasteiger partial charge in [0.1, 0.15) is 0 Å². The minimum atomic E-state index is -1.28. The SMILES string of the molecule is CN1C(C)(C)CC(OC(CC(=O)O)C(=O)O)CC1(C)C. The number of nitrogens with zero attached hydrogens (tertiary/aromatic N) is 1. The quantitative estimate of drug-likeness (QED) is 0.798. The largest absolute Gasteiger partial charge is 0.481 e. The van der Waals surface area contributed by atoms with Gasteiger partial charge in [-0.15, -0.1) is 0 Å². The molecule has 0 saturated carbocycles. The summed E-state index contributed by atoms with van der Waals surface area (Å²) in [5.74, 6) is -2.38. The highest BCUT2D eigenvalue weighted by molar-refractivity contribution is 5.79. The van der Waals surface area contributed by atoms with Crippen LogP contribution in [0.5, 0.6) is 0 Å². The normalized spacial score (nSPS) is 24.2. The van der Waals surface area contributed by atoms with Gasteiger partial charge < -0.3 is 14.9 Å². The maximum atomic E-state index is 11.1. The Labute approximate surface area is 119 Å². The number of likely N-dealkylation sites (tertiary alicyclic amines) is 1. The lowest BCUT2D eigenvalue weighted by atomic mass is 9.78. The molecule has 0 aliphatic carbocycles. The molecular formula is C14H25NO5. The van der Waals surface area contributed by atoms with E-state index < -0.39 is 24.5 Å². The fraction of sp³-hybridized carbons (Fsp3) is 0.857. The molecule has 1 unspecified atom stereocenters. The van der Waals surface area contributed by atoms with Gasteiger partial charge in [-0.2, -0.15) is 0 Å². The average molecular weight is 287 g/mol. The number of hydrogen-bond acceptors (Lipinski definition) is 4. The van der Waals surface area contributed by atoms with E-state index in [2.05, 4.69) is 32.6 Å². The molecule has 1 aliphatic heterocycles. The maximum Gasteiger partial charge on any atom is 0.333 e. The topological polar surface area (TPSA) is 87.1 Å². The van der Waals surface area contributed by atoms with Crippen molar-refractivity contribution in [2.45, 2.75) is 70.2 Å². The first kappa shape index (κ1) is 16.9. The van der Waals surface area contributed by atoms with Crippen LogP contribution in [0.3, 0.4) is 0 Å². The van der Waals surface area contributed by atoms with Gasteiger partial charge in [-0.1, -0.05) is 0 Å². The molecule has 1 rings (SSSR count). The Morgan fingerprint density at radius 3 is 2.00 bits per heavy atom. The summed E-state index contributed by atoms with van der Waals surface area (Å²) in [7, 11) is 2.04. The minimum absolute atomic E-state index is 0.126. The number of rotatable bonds is 5. The zero-order valence-electron chi connectivity index (χ0n) is 12.8. The van der Waals surface area contributed by atoms with Crippen molar-refractivity contribution in [2.75, 3.05) is 7.05 Å². The molecule has 2 N–H and O–H groups in total. The molecule has 20 heavy (non-hydrogen) atoms.